The maximum Gasteiger partial charge on any atom is 0.229 e. The highest BCUT2D eigenvalue weighted by atomic mass is 16.2. The Balaban J connectivity index is 1.85. The molecule has 3 rings (SSSR count). The van der Waals surface area contributed by atoms with E-state index >= 15 is 0 Å². The van der Waals surface area contributed by atoms with E-state index in [2.05, 4.69) is 20.0 Å². The largest absolute Gasteiger partial charge is 0.324 e. The summed E-state index contributed by atoms with van der Waals surface area (Å²) >= 11 is 0. The Morgan fingerprint density at radius 1 is 1.53 bits per heavy atom. The third-order valence-corrected chi connectivity index (χ3v) is 3.24. The Kier molecular flexibility index (Phi) is 2.81. The molecule has 1 atom stereocenters. The molecular weight excluding hydrogens is 244 g/mol. The molecule has 0 bridgehead atoms. The molecule has 19 heavy (non-hydrogen) atoms. The maximum atomic E-state index is 12.0. The number of rotatable bonds is 3. The third kappa shape index (κ3) is 2.11. The van der Waals surface area contributed by atoms with E-state index in [4.69, 9.17) is 5.53 Å². The van der Waals surface area contributed by atoms with Crippen LogP contribution in [-0.2, 0) is 4.79 Å². The van der Waals surface area contributed by atoms with Crippen molar-refractivity contribution in [2.75, 3.05) is 18.0 Å². The van der Waals surface area contributed by atoms with Crippen molar-refractivity contribution >= 4 is 22.9 Å². The van der Waals surface area contributed by atoms with Crippen molar-refractivity contribution in [2.45, 2.75) is 6.42 Å². The highest BCUT2D eigenvalue weighted by Gasteiger charge is 2.31. The van der Waals surface area contributed by atoms with Crippen LogP contribution < -0.4 is 4.90 Å². The molecule has 7 nitrogen and oxygen atoms in total. The number of para-hydroxylation sites is 2. The summed E-state index contributed by atoms with van der Waals surface area (Å²) in [5.74, 6) is 0.642. The molecule has 0 radical (unpaired) electrons. The number of imidazole rings is 1. The van der Waals surface area contributed by atoms with Crippen LogP contribution in [0.2, 0.25) is 0 Å². The van der Waals surface area contributed by atoms with E-state index < -0.39 is 0 Å². The number of benzene rings is 1. The van der Waals surface area contributed by atoms with Gasteiger partial charge in [0, 0.05) is 24.4 Å². The molecule has 0 aliphatic carbocycles. The van der Waals surface area contributed by atoms with Crippen molar-refractivity contribution in [3.05, 3.63) is 34.7 Å². The molecule has 1 fully saturated rings. The van der Waals surface area contributed by atoms with Crippen LogP contribution in [-0.4, -0.2) is 29.0 Å². The number of nitrogens with one attached hydrogen (secondary N) is 1. The zero-order chi connectivity index (χ0) is 13.2. The number of carbonyl (C=O) groups is 1. The predicted molar refractivity (Wildman–Crippen MR) is 70.6 cm³/mol. The van der Waals surface area contributed by atoms with Crippen LogP contribution in [0.3, 0.4) is 0 Å². The van der Waals surface area contributed by atoms with Crippen LogP contribution in [0, 0.1) is 5.92 Å². The van der Waals surface area contributed by atoms with Gasteiger partial charge in [-0.25, -0.2) is 4.98 Å². The average Bonchev–Trinajstić information content (AvgIpc) is 2.99. The number of aromatic amines is 1. The number of carbonyl (C=O) groups excluding carboxylic acids is 1. The van der Waals surface area contributed by atoms with Gasteiger partial charge in [0.15, 0.2) is 0 Å². The molecule has 1 N–H and O–H groups in total. The summed E-state index contributed by atoms with van der Waals surface area (Å²) in [6.07, 6.45) is 0.399. The summed E-state index contributed by atoms with van der Waals surface area (Å²) in [4.78, 5) is 23.8. The minimum Gasteiger partial charge on any atom is -0.324 e. The van der Waals surface area contributed by atoms with E-state index in [9.17, 15) is 4.79 Å². The molecule has 2 aromatic rings. The van der Waals surface area contributed by atoms with Gasteiger partial charge in [-0.05, 0) is 23.6 Å². The van der Waals surface area contributed by atoms with Crippen molar-refractivity contribution in [3.8, 4) is 0 Å². The summed E-state index contributed by atoms with van der Waals surface area (Å²) in [6.45, 7) is 0.886. The second-order valence-corrected chi connectivity index (χ2v) is 4.57. The lowest BCUT2D eigenvalue weighted by Gasteiger charge is -2.12. The van der Waals surface area contributed by atoms with Crippen LogP contribution in [0.25, 0.3) is 21.5 Å². The molecule has 7 heteroatoms. The average molecular weight is 256 g/mol. The SMILES string of the molecule is [N-]=[N+]=NCC1CC(=O)N(c2nc3ccccc3[nH]2)C1. The van der Waals surface area contributed by atoms with Gasteiger partial charge in [0.2, 0.25) is 11.9 Å². The number of hydrogen-bond acceptors (Lipinski definition) is 3. The smallest absolute Gasteiger partial charge is 0.229 e. The Labute approximate surface area is 108 Å². The predicted octanol–water partition coefficient (Wildman–Crippen LogP) is 2.23. The van der Waals surface area contributed by atoms with E-state index in [0.29, 0.717) is 25.5 Å². The Bertz CT molecular complexity index is 639. The van der Waals surface area contributed by atoms with E-state index in [0.717, 1.165) is 11.0 Å². The van der Waals surface area contributed by atoms with Crippen LogP contribution in [0.4, 0.5) is 5.95 Å². The lowest BCUT2D eigenvalue weighted by Crippen LogP contribution is -2.25. The quantitative estimate of drug-likeness (QED) is 0.517. The van der Waals surface area contributed by atoms with Crippen molar-refractivity contribution in [1.82, 2.24) is 9.97 Å². The normalized spacial score (nSPS) is 18.8. The zero-order valence-corrected chi connectivity index (χ0v) is 10.2. The Morgan fingerprint density at radius 2 is 2.37 bits per heavy atom. The van der Waals surface area contributed by atoms with Crippen molar-refractivity contribution in [3.63, 3.8) is 0 Å². The fourth-order valence-electron chi connectivity index (χ4n) is 2.33. The fourth-order valence-corrected chi connectivity index (χ4v) is 2.33. The Morgan fingerprint density at radius 3 is 3.16 bits per heavy atom. The molecule has 1 aromatic carbocycles. The molecule has 1 unspecified atom stereocenters. The van der Waals surface area contributed by atoms with Crippen LogP contribution in [0.1, 0.15) is 6.42 Å². The van der Waals surface area contributed by atoms with Gasteiger partial charge in [-0.15, -0.1) is 0 Å². The summed E-state index contributed by atoms with van der Waals surface area (Å²) < 4.78 is 0. The first-order chi connectivity index (χ1) is 9.28. The second-order valence-electron chi connectivity index (χ2n) is 4.57. The standard InChI is InChI=1S/C12H12N6O/c13-17-14-6-8-5-11(19)18(7-8)12-15-9-3-1-2-4-10(9)16-12/h1-4,8H,5-7H2,(H,15,16). The lowest BCUT2D eigenvalue weighted by atomic mass is 10.1. The van der Waals surface area contributed by atoms with Gasteiger partial charge in [0.05, 0.1) is 11.0 Å². The molecule has 96 valence electrons. The van der Waals surface area contributed by atoms with Crippen molar-refractivity contribution < 1.29 is 4.79 Å². The molecule has 1 aliphatic rings. The molecule has 0 spiro atoms. The first-order valence-electron chi connectivity index (χ1n) is 6.04. The van der Waals surface area contributed by atoms with Gasteiger partial charge in [-0.1, -0.05) is 17.2 Å². The van der Waals surface area contributed by atoms with Gasteiger partial charge in [-0.2, -0.15) is 0 Å². The number of H-pyrrole nitrogens is 1. The number of azide groups is 1. The number of nitrogens with zero attached hydrogens (tertiary/aromatic N) is 5. The topological polar surface area (TPSA) is 97.8 Å². The molecule has 1 aliphatic heterocycles. The highest BCUT2D eigenvalue weighted by molar-refractivity contribution is 5.95. The highest BCUT2D eigenvalue weighted by Crippen LogP contribution is 2.25. The first kappa shape index (κ1) is 11.6. The molecule has 0 saturated carbocycles. The molecular formula is C12H12N6O. The molecule has 2 heterocycles. The van der Waals surface area contributed by atoms with E-state index in [1.54, 1.807) is 4.90 Å². The monoisotopic (exact) mass is 256 g/mol. The van der Waals surface area contributed by atoms with Crippen molar-refractivity contribution in [1.29, 1.82) is 0 Å². The Hall–Kier alpha value is -2.53. The summed E-state index contributed by atoms with van der Waals surface area (Å²) in [5, 5.41) is 3.53. The first-order valence-corrected chi connectivity index (χ1v) is 6.04. The van der Waals surface area contributed by atoms with E-state index in [-0.39, 0.29) is 11.8 Å². The van der Waals surface area contributed by atoms with E-state index in [1.807, 2.05) is 24.3 Å². The lowest BCUT2D eigenvalue weighted by molar-refractivity contribution is -0.117. The van der Waals surface area contributed by atoms with Crippen LogP contribution >= 0.6 is 0 Å². The van der Waals surface area contributed by atoms with Gasteiger partial charge in [-0.3, -0.25) is 9.69 Å². The van der Waals surface area contributed by atoms with E-state index in [1.165, 1.54) is 0 Å². The zero-order valence-electron chi connectivity index (χ0n) is 10.2. The van der Waals surface area contributed by atoms with Gasteiger partial charge >= 0.3 is 0 Å². The minimum absolute atomic E-state index is 0.0113. The minimum atomic E-state index is 0.0113. The van der Waals surface area contributed by atoms with Gasteiger partial charge in [0.1, 0.15) is 0 Å². The summed E-state index contributed by atoms with van der Waals surface area (Å²) in [6, 6.07) is 7.64. The number of anilines is 1. The number of amides is 1. The summed E-state index contributed by atoms with van der Waals surface area (Å²) in [7, 11) is 0. The van der Waals surface area contributed by atoms with Crippen LogP contribution in [0.5, 0.6) is 0 Å². The fraction of sp³-hybridized carbons (Fsp3) is 0.333. The van der Waals surface area contributed by atoms with Crippen LogP contribution in [0.15, 0.2) is 29.4 Å². The molecule has 1 aromatic heterocycles. The molecule has 1 saturated heterocycles. The second kappa shape index (κ2) is 4.62. The number of fused-ring (bicyclic) bond motifs is 1. The van der Waals surface area contributed by atoms with Gasteiger partial charge in [0.25, 0.3) is 0 Å². The van der Waals surface area contributed by atoms with Gasteiger partial charge < -0.3 is 4.98 Å². The third-order valence-electron chi connectivity index (χ3n) is 3.24. The number of aromatic nitrogens is 2. The molecule has 1 amide bonds. The number of hydrogen-bond donors (Lipinski definition) is 1. The summed E-state index contributed by atoms with van der Waals surface area (Å²) in [5.41, 5.74) is 10.1. The van der Waals surface area contributed by atoms with Crippen molar-refractivity contribution in [2.24, 2.45) is 11.0 Å². The maximum absolute atomic E-state index is 12.0.